The third kappa shape index (κ3) is 21.6. The fraction of sp³-hybridized carbons (Fsp3) is 0.694. The Kier molecular flexibility index (Phi) is 21.2. The summed E-state index contributed by atoms with van der Waals surface area (Å²) in [6.45, 7) is 7.77. The maximum atomic E-state index is 12.9. The second-order valence-corrected chi connectivity index (χ2v) is 12.6. The molecule has 0 radical (unpaired) electrons. The van der Waals surface area contributed by atoms with Crippen LogP contribution in [0.15, 0.2) is 42.5 Å². The lowest BCUT2D eigenvalue weighted by atomic mass is 10.0. The number of ether oxygens (including phenoxy) is 2. The molecule has 0 saturated heterocycles. The minimum atomic E-state index is -0.787. The van der Waals surface area contributed by atoms with Crippen molar-refractivity contribution in [2.75, 3.05) is 0 Å². The van der Waals surface area contributed by atoms with Crippen LogP contribution < -0.4 is 11.1 Å². The minimum Gasteiger partial charge on any atom is -0.459 e. The van der Waals surface area contributed by atoms with Crippen molar-refractivity contribution >= 4 is 17.8 Å². The Morgan fingerprint density at radius 3 is 1.98 bits per heavy atom. The minimum absolute atomic E-state index is 0.137. The summed E-state index contributed by atoms with van der Waals surface area (Å²) in [5.41, 5.74) is 6.27. The van der Waals surface area contributed by atoms with Crippen molar-refractivity contribution in [3.05, 3.63) is 48.0 Å². The second kappa shape index (κ2) is 23.7. The predicted octanol–water partition coefficient (Wildman–Crippen LogP) is 8.09. The Bertz CT molecular complexity index is 910. The van der Waals surface area contributed by atoms with Gasteiger partial charge in [0.2, 0.25) is 5.91 Å². The largest absolute Gasteiger partial charge is 0.459 e. The monoisotopic (exact) mass is 600 g/mol. The summed E-state index contributed by atoms with van der Waals surface area (Å²) in [6, 6.07) is 7.86. The van der Waals surface area contributed by atoms with Crippen molar-refractivity contribution in [2.24, 2.45) is 5.73 Å². The molecule has 0 aliphatic rings. The first-order valence-electron chi connectivity index (χ1n) is 16.8. The van der Waals surface area contributed by atoms with E-state index in [-0.39, 0.29) is 12.5 Å². The quantitative estimate of drug-likeness (QED) is 0.0705. The number of hydrogen-bond acceptors (Lipinski definition) is 6. The molecule has 2 atom stereocenters. The number of hydrogen-bond donors (Lipinski definition) is 2. The van der Waals surface area contributed by atoms with E-state index >= 15 is 0 Å². The molecule has 1 aromatic rings. The molecule has 0 fully saturated rings. The molecular formula is C36H60N2O5. The highest BCUT2D eigenvalue weighted by atomic mass is 16.6. The average Bonchev–Trinajstić information content (AvgIpc) is 2.97. The maximum absolute atomic E-state index is 12.9. The number of unbranched alkanes of at least 4 members (excludes halogenated alkanes) is 11. The Morgan fingerprint density at radius 2 is 1.37 bits per heavy atom. The van der Waals surface area contributed by atoms with E-state index in [1.165, 1.54) is 51.4 Å². The molecule has 0 heterocycles. The van der Waals surface area contributed by atoms with Crippen LogP contribution >= 0.6 is 0 Å². The van der Waals surface area contributed by atoms with Gasteiger partial charge in [-0.1, -0.05) is 101 Å². The summed E-state index contributed by atoms with van der Waals surface area (Å²) in [6.07, 6.45) is 21.8. The van der Waals surface area contributed by atoms with Crippen LogP contribution in [0, 0.1) is 0 Å². The third-order valence-corrected chi connectivity index (χ3v) is 7.23. The molecular weight excluding hydrogens is 540 g/mol. The molecule has 0 aromatic heterocycles. The van der Waals surface area contributed by atoms with Crippen LogP contribution in [0.2, 0.25) is 0 Å². The van der Waals surface area contributed by atoms with Gasteiger partial charge in [0.15, 0.2) is 0 Å². The number of carbonyl (C=O) groups is 3. The summed E-state index contributed by atoms with van der Waals surface area (Å²) >= 11 is 0. The van der Waals surface area contributed by atoms with Crippen molar-refractivity contribution < 1.29 is 23.9 Å². The lowest BCUT2D eigenvalue weighted by molar-refractivity contribution is -0.156. The van der Waals surface area contributed by atoms with E-state index in [1.807, 2.05) is 30.3 Å². The number of benzene rings is 1. The first kappa shape index (κ1) is 38.4. The van der Waals surface area contributed by atoms with Crippen LogP contribution in [-0.2, 0) is 30.5 Å². The number of nitrogens with two attached hydrogens (primary N) is 1. The van der Waals surface area contributed by atoms with Gasteiger partial charge >= 0.3 is 11.9 Å². The summed E-state index contributed by atoms with van der Waals surface area (Å²) in [4.78, 5) is 37.8. The van der Waals surface area contributed by atoms with Gasteiger partial charge in [-0.25, -0.2) is 4.79 Å². The first-order valence-corrected chi connectivity index (χ1v) is 16.8. The number of amides is 1. The fourth-order valence-corrected chi connectivity index (χ4v) is 4.74. The zero-order chi connectivity index (χ0) is 31.8. The highest BCUT2D eigenvalue weighted by Gasteiger charge is 2.25. The predicted molar refractivity (Wildman–Crippen MR) is 175 cm³/mol. The highest BCUT2D eigenvalue weighted by molar-refractivity contribution is 5.84. The molecule has 7 nitrogen and oxygen atoms in total. The lowest BCUT2D eigenvalue weighted by Gasteiger charge is -2.22. The average molecular weight is 601 g/mol. The molecule has 0 bridgehead atoms. The molecule has 3 N–H and O–H groups in total. The van der Waals surface area contributed by atoms with E-state index < -0.39 is 29.6 Å². The Morgan fingerprint density at radius 1 is 0.791 bits per heavy atom. The van der Waals surface area contributed by atoms with Gasteiger partial charge < -0.3 is 20.5 Å². The van der Waals surface area contributed by atoms with E-state index in [1.54, 1.807) is 20.8 Å². The van der Waals surface area contributed by atoms with Crippen LogP contribution in [0.1, 0.15) is 142 Å². The van der Waals surface area contributed by atoms with Gasteiger partial charge in [-0.05, 0) is 77.7 Å². The zero-order valence-electron chi connectivity index (χ0n) is 27.5. The summed E-state index contributed by atoms with van der Waals surface area (Å²) in [5, 5.41) is 2.86. The standard InChI is InChI=1S/C36H60N2O5/c1-5-6-7-8-9-10-11-12-13-14-15-16-17-18-22-28-33(39)38-32(35(41)42-29-30-24-20-19-21-25-30)27-23-26-31(37)34(40)43-36(2,3)4/h12-13,19-21,24-25,31-32H,5-11,14-18,22-23,26-29,37H2,1-4H3,(H,38,39)/b13-12-/t31?,32-/m0/s1. The second-order valence-electron chi connectivity index (χ2n) is 12.6. The van der Waals surface area contributed by atoms with E-state index in [4.69, 9.17) is 15.2 Å². The SMILES string of the molecule is CCCCCCCC/C=C\CCCCCCCC(=O)N[C@@H](CCCC(N)C(=O)OC(C)(C)C)C(=O)OCc1ccccc1. The number of nitrogens with one attached hydrogen (secondary N) is 1. The van der Waals surface area contributed by atoms with Gasteiger partial charge in [-0.3, -0.25) is 9.59 Å². The van der Waals surface area contributed by atoms with Crippen molar-refractivity contribution in [2.45, 2.75) is 161 Å². The smallest absolute Gasteiger partial charge is 0.328 e. The molecule has 1 aromatic carbocycles. The number of esters is 2. The molecule has 0 spiro atoms. The van der Waals surface area contributed by atoms with Gasteiger partial charge in [-0.2, -0.15) is 0 Å². The van der Waals surface area contributed by atoms with Crippen LogP contribution in [0.4, 0.5) is 0 Å². The zero-order valence-corrected chi connectivity index (χ0v) is 27.5. The summed E-state index contributed by atoms with van der Waals surface area (Å²) in [5.74, 6) is -1.10. The van der Waals surface area contributed by atoms with Gasteiger partial charge in [0.25, 0.3) is 0 Å². The van der Waals surface area contributed by atoms with E-state index in [0.717, 1.165) is 37.7 Å². The number of carbonyl (C=O) groups excluding carboxylic acids is 3. The van der Waals surface area contributed by atoms with Gasteiger partial charge in [0.1, 0.15) is 24.3 Å². The summed E-state index contributed by atoms with van der Waals surface area (Å²) in [7, 11) is 0. The van der Waals surface area contributed by atoms with Gasteiger partial charge in [0.05, 0.1) is 0 Å². The topological polar surface area (TPSA) is 108 Å². The first-order chi connectivity index (χ1) is 20.6. The molecule has 1 amide bonds. The van der Waals surface area contributed by atoms with Gasteiger partial charge in [-0.15, -0.1) is 0 Å². The van der Waals surface area contributed by atoms with Crippen LogP contribution in [0.3, 0.4) is 0 Å². The van der Waals surface area contributed by atoms with Crippen LogP contribution in [-0.4, -0.2) is 35.5 Å². The molecule has 244 valence electrons. The molecule has 0 aliphatic heterocycles. The van der Waals surface area contributed by atoms with E-state index in [9.17, 15) is 14.4 Å². The number of allylic oxidation sites excluding steroid dienone is 2. The van der Waals surface area contributed by atoms with E-state index in [2.05, 4.69) is 24.4 Å². The molecule has 0 aliphatic carbocycles. The molecule has 0 saturated carbocycles. The molecule has 1 rings (SSSR count). The lowest BCUT2D eigenvalue weighted by Crippen LogP contribution is -2.42. The molecule has 7 heteroatoms. The highest BCUT2D eigenvalue weighted by Crippen LogP contribution is 2.14. The van der Waals surface area contributed by atoms with E-state index in [0.29, 0.717) is 25.7 Å². The van der Waals surface area contributed by atoms with Crippen molar-refractivity contribution in [1.82, 2.24) is 5.32 Å². The van der Waals surface area contributed by atoms with Crippen LogP contribution in [0.25, 0.3) is 0 Å². The third-order valence-electron chi connectivity index (χ3n) is 7.23. The van der Waals surface area contributed by atoms with Gasteiger partial charge in [0, 0.05) is 6.42 Å². The molecule has 1 unspecified atom stereocenters. The fourth-order valence-electron chi connectivity index (χ4n) is 4.74. The Labute approximate surface area is 261 Å². The Balaban J connectivity index is 2.35. The van der Waals surface area contributed by atoms with Crippen molar-refractivity contribution in [3.63, 3.8) is 0 Å². The number of rotatable bonds is 24. The summed E-state index contributed by atoms with van der Waals surface area (Å²) < 4.78 is 10.9. The normalized spacial score (nSPS) is 13.0. The molecule has 43 heavy (non-hydrogen) atoms. The Hall–Kier alpha value is -2.67. The van der Waals surface area contributed by atoms with Crippen molar-refractivity contribution in [1.29, 1.82) is 0 Å². The van der Waals surface area contributed by atoms with Crippen LogP contribution in [0.5, 0.6) is 0 Å². The van der Waals surface area contributed by atoms with Crippen molar-refractivity contribution in [3.8, 4) is 0 Å². The maximum Gasteiger partial charge on any atom is 0.328 e.